The normalized spacial score (nSPS) is 11.9. The number of ether oxygens (including phenoxy) is 4. The molecule has 2 aromatic carbocycles. The maximum Gasteiger partial charge on any atom is 0.453 e. The van der Waals surface area contributed by atoms with Crippen molar-refractivity contribution in [2.45, 2.75) is 18.3 Å². The lowest BCUT2D eigenvalue weighted by molar-refractivity contribution is -0.419. The third-order valence-corrected chi connectivity index (χ3v) is 3.99. The van der Waals surface area contributed by atoms with Gasteiger partial charge in [0.1, 0.15) is 17.0 Å². The van der Waals surface area contributed by atoms with E-state index in [9.17, 15) is 20.1 Å². The maximum atomic E-state index is 12.4. The van der Waals surface area contributed by atoms with Crippen LogP contribution < -0.4 is 60.1 Å². The van der Waals surface area contributed by atoms with Gasteiger partial charge >= 0.3 is 12.1 Å². The third-order valence-electron chi connectivity index (χ3n) is 3.99. The highest BCUT2D eigenvalue weighted by Crippen LogP contribution is 2.45. The van der Waals surface area contributed by atoms with Gasteiger partial charge in [-0.2, -0.15) is 0 Å². The summed E-state index contributed by atoms with van der Waals surface area (Å²) in [5.74, 6) is -4.76. The van der Waals surface area contributed by atoms with Crippen molar-refractivity contribution in [3.8, 4) is 23.0 Å². The number of esters is 1. The molecule has 0 heterocycles. The average Bonchev–Trinajstić information content (AvgIpc) is 2.64. The second-order valence-electron chi connectivity index (χ2n) is 6.72. The quantitative estimate of drug-likeness (QED) is 0.102. The number of hydrogen-bond acceptors (Lipinski definition) is 16. The zero-order valence-corrected chi connectivity index (χ0v) is 17.3. The molecule has 182 valence electrons. The first-order valence-corrected chi connectivity index (χ1v) is 8.89. The van der Waals surface area contributed by atoms with Gasteiger partial charge in [-0.25, -0.2) is 4.79 Å². The monoisotopic (exact) mass is 470 g/mol. The van der Waals surface area contributed by atoms with E-state index in [1.54, 1.807) is 0 Å². The molecule has 0 amide bonds. The van der Waals surface area contributed by atoms with Crippen molar-refractivity contribution in [2.24, 2.45) is 28.7 Å². The summed E-state index contributed by atoms with van der Waals surface area (Å²) in [6.07, 6.45) is -4.86. The van der Waals surface area contributed by atoms with Crippen LogP contribution in [0.1, 0.15) is 22.1 Å². The second-order valence-corrected chi connectivity index (χ2v) is 6.72. The van der Waals surface area contributed by atoms with E-state index in [0.717, 1.165) is 19.2 Å². The zero-order chi connectivity index (χ0) is 25.3. The summed E-state index contributed by atoms with van der Waals surface area (Å²) in [5, 5.41) is 27.9. The summed E-state index contributed by atoms with van der Waals surface area (Å²) in [6, 6.07) is 3.44. The Morgan fingerprint density at radius 3 is 2.00 bits per heavy atom. The lowest BCUT2D eigenvalue weighted by Gasteiger charge is -2.25. The summed E-state index contributed by atoms with van der Waals surface area (Å²) in [5.41, 5.74) is 44.3. The number of anilines is 3. The standard InChI is InChI=1S/C17H26N8O8/c1-30-15(26)10-8(4-5(18)9(12(10)20)14(21)22)31-7-3-2-6(32-16(23,24)25)11(19)13(7)33-17(27,28)29/h2-4,14,27-29H,18-25H2,1H3. The van der Waals surface area contributed by atoms with E-state index in [1.165, 1.54) is 6.07 Å². The van der Waals surface area contributed by atoms with Crippen molar-refractivity contribution in [2.75, 3.05) is 24.3 Å². The van der Waals surface area contributed by atoms with E-state index in [-0.39, 0.29) is 39.8 Å². The number of hydrogen-bond donors (Lipinski definition) is 11. The van der Waals surface area contributed by atoms with E-state index in [4.69, 9.17) is 60.1 Å². The van der Waals surface area contributed by atoms with Gasteiger partial charge in [0, 0.05) is 17.3 Å². The van der Waals surface area contributed by atoms with Crippen LogP contribution in [-0.2, 0) is 4.74 Å². The fourth-order valence-electron chi connectivity index (χ4n) is 2.76. The molecule has 0 fully saturated rings. The summed E-state index contributed by atoms with van der Waals surface area (Å²) >= 11 is 0. The number of nitrogen functional groups attached to an aromatic ring is 3. The molecule has 0 atom stereocenters. The van der Waals surface area contributed by atoms with Crippen molar-refractivity contribution in [3.05, 3.63) is 29.3 Å². The molecular formula is C17H26N8O8. The number of carbonyl (C=O) groups excluding carboxylic acids is 1. The molecule has 0 aliphatic heterocycles. The van der Waals surface area contributed by atoms with Crippen LogP contribution >= 0.6 is 0 Å². The average molecular weight is 470 g/mol. The highest BCUT2D eigenvalue weighted by molar-refractivity contribution is 6.00. The summed E-state index contributed by atoms with van der Waals surface area (Å²) in [4.78, 5) is 12.4. The number of nitrogens with two attached hydrogens (primary N) is 8. The predicted molar refractivity (Wildman–Crippen MR) is 115 cm³/mol. The van der Waals surface area contributed by atoms with Crippen LogP contribution in [0.25, 0.3) is 0 Å². The molecule has 0 unspecified atom stereocenters. The number of aliphatic hydroxyl groups is 3. The first kappa shape index (κ1) is 25.6. The number of benzene rings is 2. The van der Waals surface area contributed by atoms with Crippen LogP contribution in [0.3, 0.4) is 0 Å². The first-order chi connectivity index (χ1) is 15.1. The van der Waals surface area contributed by atoms with Gasteiger partial charge in [0.15, 0.2) is 17.2 Å². The molecule has 0 saturated carbocycles. The molecule has 16 nitrogen and oxygen atoms in total. The number of methoxy groups -OCH3 is 1. The van der Waals surface area contributed by atoms with E-state index in [1.807, 2.05) is 0 Å². The number of rotatable bonds is 8. The molecule has 0 bridgehead atoms. The smallest absolute Gasteiger partial charge is 0.453 e. The molecule has 0 radical (unpaired) electrons. The molecule has 0 aromatic heterocycles. The van der Waals surface area contributed by atoms with Gasteiger partial charge in [-0.15, -0.1) is 0 Å². The van der Waals surface area contributed by atoms with Gasteiger partial charge in [-0.05, 0) is 12.1 Å². The maximum absolute atomic E-state index is 12.4. The first-order valence-electron chi connectivity index (χ1n) is 8.89. The van der Waals surface area contributed by atoms with Crippen molar-refractivity contribution in [1.29, 1.82) is 0 Å². The van der Waals surface area contributed by atoms with Gasteiger partial charge in [0.25, 0.3) is 5.97 Å². The summed E-state index contributed by atoms with van der Waals surface area (Å²) < 4.78 is 20.0. The van der Waals surface area contributed by atoms with E-state index in [2.05, 4.69) is 4.74 Å². The highest BCUT2D eigenvalue weighted by Gasteiger charge is 2.30. The largest absolute Gasteiger partial charge is 0.465 e. The fourth-order valence-corrected chi connectivity index (χ4v) is 2.76. The molecule has 2 rings (SSSR count). The predicted octanol–water partition coefficient (Wildman–Crippen LogP) is -3.24. The van der Waals surface area contributed by atoms with Crippen molar-refractivity contribution < 1.29 is 39.1 Å². The topological polar surface area (TPSA) is 323 Å². The van der Waals surface area contributed by atoms with Gasteiger partial charge in [0.05, 0.1) is 19.0 Å². The molecule has 33 heavy (non-hydrogen) atoms. The zero-order valence-electron chi connectivity index (χ0n) is 17.3. The molecule has 16 heteroatoms. The van der Waals surface area contributed by atoms with Crippen LogP contribution in [0, 0.1) is 0 Å². The Hall–Kier alpha value is -3.61. The molecule has 0 spiro atoms. The second kappa shape index (κ2) is 9.10. The van der Waals surface area contributed by atoms with Crippen LogP contribution in [0.4, 0.5) is 17.1 Å². The molecule has 0 aliphatic rings. The Labute approximate surface area is 186 Å². The minimum absolute atomic E-state index is 0.0412. The van der Waals surface area contributed by atoms with Gasteiger partial charge in [-0.1, -0.05) is 0 Å². The fraction of sp³-hybridized carbons (Fsp3) is 0.235. The Balaban J connectivity index is 2.71. The molecule has 0 saturated heterocycles. The SMILES string of the molecule is COC(=O)c1c(Oc2ccc(OC(N)(N)N)c(N)c2OC(O)(O)O)cc(N)c(C(N)N)c1N. The summed E-state index contributed by atoms with van der Waals surface area (Å²) in [6.45, 7) is 0. The van der Waals surface area contributed by atoms with E-state index in [0.29, 0.717) is 0 Å². The Morgan fingerprint density at radius 1 is 0.939 bits per heavy atom. The van der Waals surface area contributed by atoms with Gasteiger partial charge < -0.3 is 62.9 Å². The molecule has 0 aliphatic carbocycles. The van der Waals surface area contributed by atoms with Crippen LogP contribution in [0.2, 0.25) is 0 Å². The van der Waals surface area contributed by atoms with Crippen LogP contribution in [0.5, 0.6) is 23.0 Å². The number of carbonyl (C=O) groups is 1. The highest BCUT2D eigenvalue weighted by atomic mass is 16.9. The Kier molecular flexibility index (Phi) is 7.07. The third kappa shape index (κ3) is 6.00. The van der Waals surface area contributed by atoms with Gasteiger partial charge in [-0.3, -0.25) is 17.2 Å². The van der Waals surface area contributed by atoms with Crippen LogP contribution in [0.15, 0.2) is 18.2 Å². The minimum Gasteiger partial charge on any atom is -0.465 e. The van der Waals surface area contributed by atoms with Crippen molar-refractivity contribution >= 4 is 23.0 Å². The lowest BCUT2D eigenvalue weighted by Crippen LogP contribution is -2.62. The molecular weight excluding hydrogens is 444 g/mol. The Morgan fingerprint density at radius 2 is 1.52 bits per heavy atom. The van der Waals surface area contributed by atoms with E-state index >= 15 is 0 Å². The molecule has 2 aromatic rings. The lowest BCUT2D eigenvalue weighted by atomic mass is 10.0. The van der Waals surface area contributed by atoms with Crippen LogP contribution in [-0.4, -0.2) is 40.5 Å². The minimum atomic E-state index is -3.71. The Bertz CT molecular complexity index is 1050. The van der Waals surface area contributed by atoms with Crippen molar-refractivity contribution in [3.63, 3.8) is 0 Å². The molecule has 19 N–H and O–H groups in total. The van der Waals surface area contributed by atoms with Crippen molar-refractivity contribution in [1.82, 2.24) is 0 Å². The van der Waals surface area contributed by atoms with E-state index < -0.39 is 35.7 Å². The summed E-state index contributed by atoms with van der Waals surface area (Å²) in [7, 11) is 1.08. The van der Waals surface area contributed by atoms with Gasteiger partial charge in [0.2, 0.25) is 0 Å².